The molecule has 5 heteroatoms. The first-order valence-electron chi connectivity index (χ1n) is 5.54. The summed E-state index contributed by atoms with van der Waals surface area (Å²) in [5, 5.41) is 5.51. The van der Waals surface area contributed by atoms with Crippen molar-refractivity contribution in [2.24, 2.45) is 0 Å². The van der Waals surface area contributed by atoms with Gasteiger partial charge in [-0.15, -0.1) is 0 Å². The van der Waals surface area contributed by atoms with Gasteiger partial charge in [-0.3, -0.25) is 4.79 Å². The molecule has 94 valence electrons. The second kappa shape index (κ2) is 6.96. The Labute approximate surface area is 99.2 Å². The fourth-order valence-corrected chi connectivity index (χ4v) is 1.36. The molecule has 0 aliphatic rings. The number of carbonyl (C=O) groups is 1. The van der Waals surface area contributed by atoms with E-state index in [1.165, 1.54) is 12.1 Å². The summed E-state index contributed by atoms with van der Waals surface area (Å²) in [5.41, 5.74) is 0.478. The summed E-state index contributed by atoms with van der Waals surface area (Å²) in [6.07, 6.45) is 0.876. The third-order valence-corrected chi connectivity index (χ3v) is 2.11. The van der Waals surface area contributed by atoms with Gasteiger partial charge in [-0.25, -0.2) is 8.78 Å². The number of hydrogen-bond donors (Lipinski definition) is 2. The van der Waals surface area contributed by atoms with E-state index in [1.54, 1.807) is 0 Å². The number of hydrogen-bond acceptors (Lipinski definition) is 2. The molecule has 1 aromatic rings. The zero-order valence-electron chi connectivity index (χ0n) is 9.72. The van der Waals surface area contributed by atoms with Crippen LogP contribution in [0.4, 0.5) is 8.78 Å². The zero-order valence-corrected chi connectivity index (χ0v) is 9.72. The first kappa shape index (κ1) is 13.6. The van der Waals surface area contributed by atoms with E-state index in [0.717, 1.165) is 12.5 Å². The topological polar surface area (TPSA) is 41.1 Å². The van der Waals surface area contributed by atoms with Crippen LogP contribution < -0.4 is 10.6 Å². The maximum Gasteiger partial charge on any atom is 0.233 e. The molecule has 0 fully saturated rings. The average molecular weight is 242 g/mol. The molecule has 0 atom stereocenters. The molecule has 3 nitrogen and oxygen atoms in total. The molecule has 1 rings (SSSR count). The van der Waals surface area contributed by atoms with Gasteiger partial charge in [0.15, 0.2) is 0 Å². The lowest BCUT2D eigenvalue weighted by Crippen LogP contribution is -2.33. The van der Waals surface area contributed by atoms with Crippen LogP contribution in [0, 0.1) is 11.6 Å². The molecule has 0 aliphatic heterocycles. The number of rotatable bonds is 6. The maximum atomic E-state index is 12.8. The summed E-state index contributed by atoms with van der Waals surface area (Å²) in [5.74, 6) is -1.35. The van der Waals surface area contributed by atoms with Gasteiger partial charge in [-0.05, 0) is 24.1 Å². The van der Waals surface area contributed by atoms with Gasteiger partial charge in [0.1, 0.15) is 11.6 Å². The molecule has 0 saturated carbocycles. The van der Waals surface area contributed by atoms with Crippen LogP contribution >= 0.6 is 0 Å². The third kappa shape index (κ3) is 5.40. The van der Waals surface area contributed by atoms with E-state index in [9.17, 15) is 13.6 Å². The summed E-state index contributed by atoms with van der Waals surface area (Å²) in [7, 11) is 0. The Morgan fingerprint density at radius 2 is 1.88 bits per heavy atom. The van der Waals surface area contributed by atoms with E-state index in [1.807, 2.05) is 6.92 Å². The largest absolute Gasteiger partial charge is 0.355 e. The minimum absolute atomic E-state index is 0.122. The monoisotopic (exact) mass is 242 g/mol. The number of halogens is 2. The number of carbonyl (C=O) groups excluding carboxylic acids is 1. The molecule has 0 radical (unpaired) electrons. The predicted molar refractivity (Wildman–Crippen MR) is 61.4 cm³/mol. The summed E-state index contributed by atoms with van der Waals surface area (Å²) < 4.78 is 25.7. The molecule has 0 aromatic heterocycles. The van der Waals surface area contributed by atoms with Crippen LogP contribution in [0.25, 0.3) is 0 Å². The summed E-state index contributed by atoms with van der Waals surface area (Å²) in [6.45, 7) is 2.99. The van der Waals surface area contributed by atoms with E-state index >= 15 is 0 Å². The van der Waals surface area contributed by atoms with Gasteiger partial charge in [0, 0.05) is 19.2 Å². The van der Waals surface area contributed by atoms with Crippen LogP contribution in [-0.2, 0) is 11.3 Å². The van der Waals surface area contributed by atoms with Crippen molar-refractivity contribution in [1.82, 2.24) is 10.6 Å². The Kier molecular flexibility index (Phi) is 5.56. The Morgan fingerprint density at radius 3 is 2.47 bits per heavy atom. The molecule has 0 unspecified atom stereocenters. The lowest BCUT2D eigenvalue weighted by molar-refractivity contribution is -0.120. The first-order valence-corrected chi connectivity index (χ1v) is 5.54. The number of amides is 1. The van der Waals surface area contributed by atoms with E-state index in [0.29, 0.717) is 12.1 Å². The maximum absolute atomic E-state index is 12.8. The smallest absolute Gasteiger partial charge is 0.233 e. The van der Waals surface area contributed by atoms with Gasteiger partial charge in [0.25, 0.3) is 0 Å². The highest BCUT2D eigenvalue weighted by atomic mass is 19.1. The Morgan fingerprint density at radius 1 is 1.24 bits per heavy atom. The van der Waals surface area contributed by atoms with Crippen LogP contribution in [-0.4, -0.2) is 19.0 Å². The molecule has 0 bridgehead atoms. The second-order valence-electron chi connectivity index (χ2n) is 3.73. The molecular formula is C12H16F2N2O. The Hall–Kier alpha value is -1.49. The van der Waals surface area contributed by atoms with Crippen LogP contribution in [0.3, 0.4) is 0 Å². The lowest BCUT2D eigenvalue weighted by atomic mass is 10.2. The van der Waals surface area contributed by atoms with Gasteiger partial charge in [0.05, 0.1) is 6.54 Å². The second-order valence-corrected chi connectivity index (χ2v) is 3.73. The van der Waals surface area contributed by atoms with E-state index < -0.39 is 11.6 Å². The van der Waals surface area contributed by atoms with Crippen molar-refractivity contribution in [2.75, 3.05) is 13.1 Å². The molecule has 0 aliphatic carbocycles. The van der Waals surface area contributed by atoms with Crippen LogP contribution in [0.1, 0.15) is 18.9 Å². The van der Waals surface area contributed by atoms with Crippen molar-refractivity contribution < 1.29 is 13.6 Å². The van der Waals surface area contributed by atoms with Crippen molar-refractivity contribution in [3.05, 3.63) is 35.4 Å². The number of benzene rings is 1. The Bertz CT molecular complexity index is 363. The van der Waals surface area contributed by atoms with Crippen molar-refractivity contribution in [3.8, 4) is 0 Å². The van der Waals surface area contributed by atoms with Crippen LogP contribution in [0.2, 0.25) is 0 Å². The Balaban J connectivity index is 2.33. The minimum atomic E-state index is -0.614. The summed E-state index contributed by atoms with van der Waals surface area (Å²) in [6, 6.07) is 3.29. The SMILES string of the molecule is CCCNC(=O)CNCc1cc(F)cc(F)c1. The lowest BCUT2D eigenvalue weighted by Gasteiger charge is -2.06. The summed E-state index contributed by atoms with van der Waals surface area (Å²) in [4.78, 5) is 11.2. The van der Waals surface area contributed by atoms with Crippen LogP contribution in [0.15, 0.2) is 18.2 Å². The number of nitrogens with one attached hydrogen (secondary N) is 2. The van der Waals surface area contributed by atoms with Gasteiger partial charge in [-0.1, -0.05) is 6.92 Å². The first-order chi connectivity index (χ1) is 8.11. The molecule has 2 N–H and O–H groups in total. The highest BCUT2D eigenvalue weighted by Crippen LogP contribution is 2.07. The fourth-order valence-electron chi connectivity index (χ4n) is 1.36. The van der Waals surface area contributed by atoms with E-state index in [-0.39, 0.29) is 19.0 Å². The van der Waals surface area contributed by atoms with Gasteiger partial charge < -0.3 is 10.6 Å². The van der Waals surface area contributed by atoms with Crippen molar-refractivity contribution in [2.45, 2.75) is 19.9 Å². The van der Waals surface area contributed by atoms with Gasteiger partial charge >= 0.3 is 0 Å². The molecule has 0 heterocycles. The summed E-state index contributed by atoms with van der Waals surface area (Å²) >= 11 is 0. The molecule has 17 heavy (non-hydrogen) atoms. The molecular weight excluding hydrogens is 226 g/mol. The highest BCUT2D eigenvalue weighted by molar-refractivity contribution is 5.77. The predicted octanol–water partition coefficient (Wildman–Crippen LogP) is 1.58. The molecule has 1 aromatic carbocycles. The zero-order chi connectivity index (χ0) is 12.7. The van der Waals surface area contributed by atoms with E-state index in [2.05, 4.69) is 10.6 Å². The van der Waals surface area contributed by atoms with Crippen molar-refractivity contribution in [3.63, 3.8) is 0 Å². The van der Waals surface area contributed by atoms with Crippen LogP contribution in [0.5, 0.6) is 0 Å². The molecule has 0 saturated heterocycles. The average Bonchev–Trinajstić information content (AvgIpc) is 2.25. The minimum Gasteiger partial charge on any atom is -0.355 e. The van der Waals surface area contributed by atoms with Crippen molar-refractivity contribution >= 4 is 5.91 Å². The molecule has 1 amide bonds. The standard InChI is InChI=1S/C12H16F2N2O/c1-2-3-16-12(17)8-15-7-9-4-10(13)6-11(14)5-9/h4-6,15H,2-3,7-8H2,1H3,(H,16,17). The van der Waals surface area contributed by atoms with E-state index in [4.69, 9.17) is 0 Å². The highest BCUT2D eigenvalue weighted by Gasteiger charge is 2.02. The molecule has 0 spiro atoms. The third-order valence-electron chi connectivity index (χ3n) is 2.11. The fraction of sp³-hybridized carbons (Fsp3) is 0.417. The normalized spacial score (nSPS) is 10.3. The van der Waals surface area contributed by atoms with Gasteiger partial charge in [0.2, 0.25) is 5.91 Å². The van der Waals surface area contributed by atoms with Crippen molar-refractivity contribution in [1.29, 1.82) is 0 Å². The quantitative estimate of drug-likeness (QED) is 0.795. The van der Waals surface area contributed by atoms with Gasteiger partial charge in [-0.2, -0.15) is 0 Å².